The van der Waals surface area contributed by atoms with Crippen LogP contribution in [0.4, 0.5) is 13.2 Å². The van der Waals surface area contributed by atoms with Crippen molar-refractivity contribution >= 4 is 37.2 Å². The maximum Gasteiger partial charge on any atom is 0.471 e. The average Bonchev–Trinajstić information content (AvgIpc) is 2.35. The number of amides is 1. The Morgan fingerprint density at radius 1 is 1.36 bits per heavy atom. The summed E-state index contributed by atoms with van der Waals surface area (Å²) in [5.41, 5.74) is 0.241. The van der Waals surface area contributed by atoms with E-state index in [0.29, 0.717) is 0 Å². The molecule has 5 nitrogen and oxygen atoms in total. The Morgan fingerprint density at radius 2 is 2.00 bits per heavy atom. The van der Waals surface area contributed by atoms with Gasteiger partial charge in [0.2, 0.25) is 0 Å². The minimum absolute atomic E-state index is 0.0318. The molecule has 0 bridgehead atoms. The number of benzene rings is 1. The minimum Gasteiger partial charge on any atom is -0.490 e. The van der Waals surface area contributed by atoms with Gasteiger partial charge < -0.3 is 10.1 Å². The summed E-state index contributed by atoms with van der Waals surface area (Å²) in [6.07, 6.45) is -5.09. The summed E-state index contributed by atoms with van der Waals surface area (Å²) in [6, 6.07) is 1.46. The average molecular weight is 378 g/mol. The third kappa shape index (κ3) is 3.76. The van der Waals surface area contributed by atoms with E-state index in [4.69, 9.17) is 27.0 Å². The van der Waals surface area contributed by atoms with E-state index in [0.717, 1.165) is 6.07 Å². The molecule has 1 atom stereocenters. The molecule has 1 aliphatic heterocycles. The summed E-state index contributed by atoms with van der Waals surface area (Å²) in [6.45, 7) is -0.324. The number of halogens is 5. The van der Waals surface area contributed by atoms with Gasteiger partial charge in [0.05, 0.1) is 6.04 Å². The van der Waals surface area contributed by atoms with Crippen LogP contribution in [0.5, 0.6) is 5.75 Å². The van der Waals surface area contributed by atoms with Gasteiger partial charge in [0.1, 0.15) is 17.3 Å². The summed E-state index contributed by atoms with van der Waals surface area (Å²) in [5, 5.41) is 1.79. The Hall–Kier alpha value is -1.19. The van der Waals surface area contributed by atoms with Crippen LogP contribution in [-0.2, 0) is 20.3 Å². The first-order chi connectivity index (χ1) is 9.98. The molecule has 0 radical (unpaired) electrons. The van der Waals surface area contributed by atoms with E-state index in [2.05, 4.69) is 0 Å². The molecule has 1 aromatic carbocycles. The molecule has 1 N–H and O–H groups in total. The molecule has 1 unspecified atom stereocenters. The number of hydrogen-bond acceptors (Lipinski definition) is 4. The van der Waals surface area contributed by atoms with Gasteiger partial charge >= 0.3 is 12.1 Å². The zero-order chi connectivity index (χ0) is 16.7. The molecular formula is C11H8Cl2F3NO4S. The van der Waals surface area contributed by atoms with Crippen molar-refractivity contribution in [3.8, 4) is 5.75 Å². The number of alkyl halides is 3. The van der Waals surface area contributed by atoms with Crippen molar-refractivity contribution in [3.63, 3.8) is 0 Å². The van der Waals surface area contributed by atoms with Crippen LogP contribution in [0, 0.1) is 0 Å². The van der Waals surface area contributed by atoms with Crippen LogP contribution < -0.4 is 10.1 Å². The van der Waals surface area contributed by atoms with Gasteiger partial charge in [-0.2, -0.15) is 13.2 Å². The smallest absolute Gasteiger partial charge is 0.471 e. The van der Waals surface area contributed by atoms with Crippen LogP contribution in [0.15, 0.2) is 17.0 Å². The first-order valence-electron chi connectivity index (χ1n) is 5.76. The van der Waals surface area contributed by atoms with E-state index >= 15 is 0 Å². The number of rotatable bonds is 2. The molecule has 0 spiro atoms. The van der Waals surface area contributed by atoms with Crippen molar-refractivity contribution in [3.05, 3.63) is 22.7 Å². The SMILES string of the molecule is O=C(NC1COc2c(cc(Cl)cc2S(=O)(=O)Cl)C1)C(F)(F)F. The summed E-state index contributed by atoms with van der Waals surface area (Å²) in [5.74, 6) is -2.17. The predicted molar refractivity (Wildman–Crippen MR) is 71.7 cm³/mol. The van der Waals surface area contributed by atoms with E-state index in [-0.39, 0.29) is 34.3 Å². The van der Waals surface area contributed by atoms with E-state index in [1.54, 1.807) is 5.32 Å². The molecule has 1 aliphatic rings. The van der Waals surface area contributed by atoms with Crippen molar-refractivity contribution < 1.29 is 31.1 Å². The standard InChI is InChI=1S/C11H8Cl2F3NO4S/c12-6-1-5-2-7(17-10(18)11(14,15)16)4-21-9(5)8(3-6)22(13,19)20/h1,3,7H,2,4H2,(H,17,18). The highest BCUT2D eigenvalue weighted by Gasteiger charge is 2.40. The third-order valence-electron chi connectivity index (χ3n) is 2.85. The fourth-order valence-electron chi connectivity index (χ4n) is 1.99. The molecule has 1 aromatic rings. The van der Waals surface area contributed by atoms with E-state index in [1.807, 2.05) is 0 Å². The first-order valence-corrected chi connectivity index (χ1v) is 8.45. The molecule has 122 valence electrons. The molecule has 0 aliphatic carbocycles. The number of carbonyl (C=O) groups excluding carboxylic acids is 1. The van der Waals surface area contributed by atoms with Gasteiger partial charge in [-0.05, 0) is 24.1 Å². The fourth-order valence-corrected chi connectivity index (χ4v) is 3.32. The van der Waals surface area contributed by atoms with Crippen LogP contribution in [-0.4, -0.2) is 33.1 Å². The van der Waals surface area contributed by atoms with Crippen LogP contribution in [0.2, 0.25) is 5.02 Å². The van der Waals surface area contributed by atoms with Crippen LogP contribution in [0.3, 0.4) is 0 Å². The van der Waals surface area contributed by atoms with E-state index in [9.17, 15) is 26.4 Å². The van der Waals surface area contributed by atoms with Crippen LogP contribution >= 0.6 is 22.3 Å². The molecule has 22 heavy (non-hydrogen) atoms. The molecule has 0 saturated carbocycles. The fraction of sp³-hybridized carbons (Fsp3) is 0.364. The lowest BCUT2D eigenvalue weighted by Gasteiger charge is -2.27. The largest absolute Gasteiger partial charge is 0.490 e. The summed E-state index contributed by atoms with van der Waals surface area (Å²) in [7, 11) is 1.13. The van der Waals surface area contributed by atoms with Crippen LogP contribution in [0.25, 0.3) is 0 Å². The summed E-state index contributed by atoms with van der Waals surface area (Å²) >= 11 is 5.77. The monoisotopic (exact) mass is 377 g/mol. The Balaban J connectivity index is 2.29. The number of carbonyl (C=O) groups is 1. The van der Waals surface area contributed by atoms with Crippen molar-refractivity contribution in [2.75, 3.05) is 6.61 Å². The Labute approximate surface area is 132 Å². The molecule has 0 fully saturated rings. The Bertz CT molecular complexity index is 721. The molecule has 1 amide bonds. The van der Waals surface area contributed by atoms with Gasteiger partial charge in [0, 0.05) is 15.7 Å². The third-order valence-corrected chi connectivity index (χ3v) is 4.39. The second-order valence-electron chi connectivity index (χ2n) is 4.51. The lowest BCUT2D eigenvalue weighted by molar-refractivity contribution is -0.174. The Kier molecular flexibility index (Phi) is 4.51. The highest BCUT2D eigenvalue weighted by molar-refractivity contribution is 8.13. The van der Waals surface area contributed by atoms with Crippen molar-refractivity contribution in [1.29, 1.82) is 0 Å². The number of ether oxygens (including phenoxy) is 1. The van der Waals surface area contributed by atoms with Gasteiger partial charge in [-0.25, -0.2) is 8.42 Å². The van der Waals surface area contributed by atoms with E-state index < -0.39 is 27.2 Å². The van der Waals surface area contributed by atoms with Gasteiger partial charge in [-0.3, -0.25) is 4.79 Å². The minimum atomic E-state index is -5.01. The Morgan fingerprint density at radius 3 is 2.55 bits per heavy atom. The number of fused-ring (bicyclic) bond motifs is 1. The van der Waals surface area contributed by atoms with Gasteiger partial charge in [0.25, 0.3) is 9.05 Å². The van der Waals surface area contributed by atoms with Crippen molar-refractivity contribution in [1.82, 2.24) is 5.32 Å². The van der Waals surface area contributed by atoms with Gasteiger partial charge in [0.15, 0.2) is 0 Å². The topological polar surface area (TPSA) is 72.5 Å². The first kappa shape index (κ1) is 17.2. The molecule has 11 heteroatoms. The highest BCUT2D eigenvalue weighted by Crippen LogP contribution is 2.36. The zero-order valence-corrected chi connectivity index (χ0v) is 12.9. The maximum absolute atomic E-state index is 12.2. The second-order valence-corrected chi connectivity index (χ2v) is 7.48. The molecule has 1 heterocycles. The van der Waals surface area contributed by atoms with Gasteiger partial charge in [-0.1, -0.05) is 11.6 Å². The van der Waals surface area contributed by atoms with Crippen LogP contribution in [0.1, 0.15) is 5.56 Å². The molecule has 0 saturated heterocycles. The van der Waals surface area contributed by atoms with Gasteiger partial charge in [-0.15, -0.1) is 0 Å². The maximum atomic E-state index is 12.2. The van der Waals surface area contributed by atoms with Crippen molar-refractivity contribution in [2.45, 2.75) is 23.5 Å². The predicted octanol–water partition coefficient (Wildman–Crippen LogP) is 2.25. The zero-order valence-electron chi connectivity index (χ0n) is 10.6. The second kappa shape index (κ2) is 5.78. The normalized spacial score (nSPS) is 18.3. The van der Waals surface area contributed by atoms with E-state index in [1.165, 1.54) is 6.07 Å². The van der Waals surface area contributed by atoms with Crippen molar-refractivity contribution in [2.24, 2.45) is 0 Å². The quantitative estimate of drug-likeness (QED) is 0.802. The lowest BCUT2D eigenvalue weighted by atomic mass is 10.0. The lowest BCUT2D eigenvalue weighted by Crippen LogP contribution is -2.48. The molecule has 2 rings (SSSR count). The highest BCUT2D eigenvalue weighted by atomic mass is 35.7. The summed E-state index contributed by atoms with van der Waals surface area (Å²) in [4.78, 5) is 10.5. The molecule has 0 aromatic heterocycles. The number of nitrogens with one attached hydrogen (secondary N) is 1. The molecular weight excluding hydrogens is 370 g/mol. The summed E-state index contributed by atoms with van der Waals surface area (Å²) < 4.78 is 64.7. The number of hydrogen-bond donors (Lipinski definition) is 1.